The Morgan fingerprint density at radius 1 is 1.08 bits per heavy atom. The van der Waals surface area contributed by atoms with Crippen molar-refractivity contribution in [1.82, 2.24) is 5.32 Å². The molecule has 0 amide bonds. The van der Waals surface area contributed by atoms with Gasteiger partial charge in [0.05, 0.1) is 22.5 Å². The van der Waals surface area contributed by atoms with E-state index < -0.39 is 10.0 Å². The highest BCUT2D eigenvalue weighted by atomic mass is 32.2. The summed E-state index contributed by atoms with van der Waals surface area (Å²) in [7, 11) is -3.64. The van der Waals surface area contributed by atoms with Crippen molar-refractivity contribution in [1.29, 1.82) is 0 Å². The van der Waals surface area contributed by atoms with Gasteiger partial charge in [0.1, 0.15) is 0 Å². The van der Waals surface area contributed by atoms with Crippen LogP contribution in [-0.4, -0.2) is 34.6 Å². The summed E-state index contributed by atoms with van der Waals surface area (Å²) < 4.78 is 33.8. The molecule has 0 atom stereocenters. The number of nitrogens with one attached hydrogen (secondary N) is 2. The van der Waals surface area contributed by atoms with Crippen LogP contribution in [0.15, 0.2) is 58.0 Å². The Kier molecular flexibility index (Phi) is 4.34. The smallest absolute Gasteiger partial charge is 0.261 e. The summed E-state index contributed by atoms with van der Waals surface area (Å²) in [6, 6.07) is 12.3. The average Bonchev–Trinajstić information content (AvgIpc) is 3.10. The molecule has 6 nitrogen and oxygen atoms in total. The zero-order chi connectivity index (χ0) is 18.1. The highest BCUT2D eigenvalue weighted by Gasteiger charge is 2.19. The minimum Gasteiger partial charge on any atom is -0.462 e. The molecule has 2 heterocycles. The second-order valence-corrected chi connectivity index (χ2v) is 8.17. The number of sulfonamides is 1. The maximum absolute atomic E-state index is 12.7. The van der Waals surface area contributed by atoms with E-state index in [0.717, 1.165) is 48.4 Å². The molecule has 0 saturated carbocycles. The van der Waals surface area contributed by atoms with Crippen molar-refractivity contribution in [2.45, 2.75) is 11.8 Å². The van der Waals surface area contributed by atoms with E-state index >= 15 is 0 Å². The number of benzene rings is 2. The van der Waals surface area contributed by atoms with Crippen molar-refractivity contribution in [2.75, 3.05) is 35.8 Å². The fourth-order valence-corrected chi connectivity index (χ4v) is 4.23. The Balaban J connectivity index is 1.71. The minimum absolute atomic E-state index is 0.249. The Morgan fingerprint density at radius 3 is 2.54 bits per heavy atom. The van der Waals surface area contributed by atoms with Gasteiger partial charge in [-0.3, -0.25) is 4.72 Å². The first kappa shape index (κ1) is 16.9. The lowest BCUT2D eigenvalue weighted by Gasteiger charge is -2.29. The van der Waals surface area contributed by atoms with Gasteiger partial charge < -0.3 is 14.6 Å². The molecule has 1 aliphatic rings. The molecule has 0 spiro atoms. The van der Waals surface area contributed by atoms with Crippen molar-refractivity contribution >= 4 is 32.4 Å². The molecular weight excluding hydrogens is 350 g/mol. The third-order valence-corrected chi connectivity index (χ3v) is 5.97. The third-order valence-electron chi connectivity index (χ3n) is 4.57. The van der Waals surface area contributed by atoms with Crippen LogP contribution in [0.25, 0.3) is 11.0 Å². The van der Waals surface area contributed by atoms with Crippen LogP contribution in [0.3, 0.4) is 0 Å². The lowest BCUT2D eigenvalue weighted by atomic mass is 10.2. The van der Waals surface area contributed by atoms with E-state index in [9.17, 15) is 8.42 Å². The molecule has 1 fully saturated rings. The second kappa shape index (κ2) is 6.66. The van der Waals surface area contributed by atoms with Crippen LogP contribution < -0.4 is 14.9 Å². The number of fused-ring (bicyclic) bond motifs is 1. The van der Waals surface area contributed by atoms with Crippen LogP contribution in [0.2, 0.25) is 0 Å². The molecule has 1 aliphatic heterocycles. The summed E-state index contributed by atoms with van der Waals surface area (Å²) in [5.74, 6) is 0. The van der Waals surface area contributed by atoms with Gasteiger partial charge in [0.15, 0.2) is 5.58 Å². The lowest BCUT2D eigenvalue weighted by molar-refractivity contribution is 0.579. The highest BCUT2D eigenvalue weighted by molar-refractivity contribution is 7.92. The van der Waals surface area contributed by atoms with Gasteiger partial charge in [0.25, 0.3) is 10.0 Å². The molecule has 0 aliphatic carbocycles. The van der Waals surface area contributed by atoms with Crippen molar-refractivity contribution < 1.29 is 12.8 Å². The Bertz CT molecular complexity index is 1020. The van der Waals surface area contributed by atoms with Gasteiger partial charge >= 0.3 is 0 Å². The summed E-state index contributed by atoms with van der Waals surface area (Å²) in [5, 5.41) is 4.20. The maximum atomic E-state index is 12.7. The largest absolute Gasteiger partial charge is 0.462 e. The minimum atomic E-state index is -3.64. The van der Waals surface area contributed by atoms with E-state index in [1.165, 1.54) is 0 Å². The molecule has 4 rings (SSSR count). The van der Waals surface area contributed by atoms with Crippen molar-refractivity contribution in [3.05, 3.63) is 54.3 Å². The number of rotatable bonds is 4. The molecule has 2 aromatic carbocycles. The lowest BCUT2D eigenvalue weighted by Crippen LogP contribution is -2.43. The number of hydrogen-bond acceptors (Lipinski definition) is 5. The first-order valence-corrected chi connectivity index (χ1v) is 10.1. The molecule has 3 aromatic rings. The summed E-state index contributed by atoms with van der Waals surface area (Å²) in [6.45, 7) is 5.41. The predicted octanol–water partition coefficient (Wildman–Crippen LogP) is 2.95. The highest BCUT2D eigenvalue weighted by Crippen LogP contribution is 2.33. The standard InChI is InChI=1S/C19H21N3O3S/c1-14-2-4-17(5-3-14)26(23,24)21-16-12-15-6-11-25-19(15)18(13-16)22-9-7-20-8-10-22/h2-6,11-13,20-21H,7-10H2,1H3. The molecule has 1 saturated heterocycles. The predicted molar refractivity (Wildman–Crippen MR) is 103 cm³/mol. The van der Waals surface area contributed by atoms with Crippen LogP contribution in [0.1, 0.15) is 5.56 Å². The quantitative estimate of drug-likeness (QED) is 0.738. The molecule has 0 radical (unpaired) electrons. The molecule has 26 heavy (non-hydrogen) atoms. The summed E-state index contributed by atoms with van der Waals surface area (Å²) >= 11 is 0. The van der Waals surface area contributed by atoms with Gasteiger partial charge in [-0.25, -0.2) is 8.42 Å². The van der Waals surface area contributed by atoms with Crippen molar-refractivity contribution in [3.8, 4) is 0 Å². The summed E-state index contributed by atoms with van der Waals surface area (Å²) in [5.41, 5.74) is 3.25. The summed E-state index contributed by atoms with van der Waals surface area (Å²) in [4.78, 5) is 2.46. The van der Waals surface area contributed by atoms with Gasteiger partial charge in [-0.15, -0.1) is 0 Å². The first-order valence-electron chi connectivity index (χ1n) is 8.59. The van der Waals surface area contributed by atoms with Gasteiger partial charge in [-0.05, 0) is 37.3 Å². The van der Waals surface area contributed by atoms with E-state index in [1.54, 1.807) is 36.6 Å². The fourth-order valence-electron chi connectivity index (χ4n) is 3.19. The van der Waals surface area contributed by atoms with E-state index in [-0.39, 0.29) is 4.90 Å². The van der Waals surface area contributed by atoms with Crippen LogP contribution >= 0.6 is 0 Å². The third kappa shape index (κ3) is 3.27. The molecule has 0 unspecified atom stereocenters. The van der Waals surface area contributed by atoms with Gasteiger partial charge in [-0.2, -0.15) is 0 Å². The fraction of sp³-hybridized carbons (Fsp3) is 0.263. The number of hydrogen-bond donors (Lipinski definition) is 2. The van der Waals surface area contributed by atoms with E-state index in [2.05, 4.69) is 14.9 Å². The zero-order valence-corrected chi connectivity index (χ0v) is 15.3. The molecule has 2 N–H and O–H groups in total. The van der Waals surface area contributed by atoms with Crippen molar-refractivity contribution in [2.24, 2.45) is 0 Å². The number of nitrogens with zero attached hydrogens (tertiary/aromatic N) is 1. The van der Waals surface area contributed by atoms with E-state index in [0.29, 0.717) is 5.69 Å². The Hall–Kier alpha value is -2.51. The molecule has 7 heteroatoms. The average molecular weight is 371 g/mol. The topological polar surface area (TPSA) is 74.6 Å². The monoisotopic (exact) mass is 371 g/mol. The zero-order valence-electron chi connectivity index (χ0n) is 14.5. The molecule has 1 aromatic heterocycles. The first-order chi connectivity index (χ1) is 12.5. The van der Waals surface area contributed by atoms with Gasteiger partial charge in [0, 0.05) is 31.6 Å². The van der Waals surface area contributed by atoms with E-state index in [4.69, 9.17) is 4.42 Å². The Morgan fingerprint density at radius 2 is 1.81 bits per heavy atom. The number of anilines is 2. The van der Waals surface area contributed by atoms with Gasteiger partial charge in [0.2, 0.25) is 0 Å². The summed E-state index contributed by atoms with van der Waals surface area (Å²) in [6.07, 6.45) is 1.63. The van der Waals surface area contributed by atoms with Crippen LogP contribution in [0.5, 0.6) is 0 Å². The molecule has 0 bridgehead atoms. The molecular formula is C19H21N3O3S. The van der Waals surface area contributed by atoms with Crippen LogP contribution in [-0.2, 0) is 10.0 Å². The molecule has 136 valence electrons. The number of piperazine rings is 1. The van der Waals surface area contributed by atoms with Gasteiger partial charge in [-0.1, -0.05) is 17.7 Å². The Labute approximate surface area is 152 Å². The van der Waals surface area contributed by atoms with Crippen LogP contribution in [0.4, 0.5) is 11.4 Å². The second-order valence-electron chi connectivity index (χ2n) is 6.49. The SMILES string of the molecule is Cc1ccc(S(=O)(=O)Nc2cc(N3CCNCC3)c3occc3c2)cc1. The van der Waals surface area contributed by atoms with Crippen molar-refractivity contribution in [3.63, 3.8) is 0 Å². The number of aryl methyl sites for hydroxylation is 1. The van der Waals surface area contributed by atoms with Crippen LogP contribution in [0, 0.1) is 6.92 Å². The number of furan rings is 1. The normalized spacial score (nSPS) is 15.3. The van der Waals surface area contributed by atoms with E-state index in [1.807, 2.05) is 19.1 Å². The maximum Gasteiger partial charge on any atom is 0.261 e.